The molecule has 0 aromatic heterocycles. The molecule has 1 aromatic rings. The molecule has 0 radical (unpaired) electrons. The largest absolute Gasteiger partial charge is 0.426 e. The summed E-state index contributed by atoms with van der Waals surface area (Å²) >= 11 is 0. The Balaban J connectivity index is 2.11. The Bertz CT molecular complexity index is 671. The maximum atomic E-state index is 12.0. The minimum atomic E-state index is -0.136. The number of aryl methyl sites for hydroxylation is 1. The minimum Gasteiger partial charge on any atom is -0.426 e. The predicted molar refractivity (Wildman–Crippen MR) is 103 cm³/mol. The Morgan fingerprint density at radius 1 is 1.24 bits per heavy atom. The van der Waals surface area contributed by atoms with Gasteiger partial charge in [-0.15, -0.1) is 0 Å². The highest BCUT2D eigenvalue weighted by Gasteiger charge is 2.49. The fourth-order valence-electron chi connectivity index (χ4n) is 5.57. The molecule has 0 bridgehead atoms. The molecular weight excluding hydrogens is 308 g/mol. The Morgan fingerprint density at radius 3 is 2.60 bits per heavy atom. The lowest BCUT2D eigenvalue weighted by molar-refractivity contribution is -0.134. The molecule has 2 nitrogen and oxygen atoms in total. The number of hydrogen-bond acceptors (Lipinski definition) is 2. The first-order valence-corrected chi connectivity index (χ1v) is 10.1. The number of esters is 1. The molecule has 3 rings (SSSR count). The summed E-state index contributed by atoms with van der Waals surface area (Å²) in [6, 6.07) is 4.56. The summed E-state index contributed by atoms with van der Waals surface area (Å²) in [5.74, 6) is 1.73. The molecule has 138 valence electrons. The lowest BCUT2D eigenvalue weighted by Crippen LogP contribution is -2.47. The van der Waals surface area contributed by atoms with E-state index < -0.39 is 0 Å². The van der Waals surface area contributed by atoms with E-state index in [2.05, 4.69) is 46.8 Å². The molecule has 25 heavy (non-hydrogen) atoms. The molecule has 2 aliphatic carbocycles. The first kappa shape index (κ1) is 18.5. The number of hydrogen-bond donors (Lipinski definition) is 0. The molecular formula is C23H34O2. The van der Waals surface area contributed by atoms with Gasteiger partial charge in [-0.05, 0) is 71.1 Å². The van der Waals surface area contributed by atoms with E-state index in [4.69, 9.17) is 4.74 Å². The lowest BCUT2D eigenvalue weighted by atomic mass is 9.50. The van der Waals surface area contributed by atoms with Gasteiger partial charge in [-0.25, -0.2) is 0 Å². The van der Waals surface area contributed by atoms with Crippen LogP contribution in [0.15, 0.2) is 12.1 Å². The SMILES string of the molecule is CCC(=O)Oc1cc2c(cc1C(C)C)CC[C@H]1C(C)(C)CCC[C@]21C. The zero-order valence-electron chi connectivity index (χ0n) is 16.9. The second-order valence-electron chi connectivity index (χ2n) is 9.38. The topological polar surface area (TPSA) is 26.3 Å². The third kappa shape index (κ3) is 3.13. The Morgan fingerprint density at radius 2 is 1.96 bits per heavy atom. The van der Waals surface area contributed by atoms with Crippen molar-refractivity contribution in [1.82, 2.24) is 0 Å². The quantitative estimate of drug-likeness (QED) is 0.486. The van der Waals surface area contributed by atoms with E-state index in [9.17, 15) is 4.79 Å². The second-order valence-corrected chi connectivity index (χ2v) is 9.38. The van der Waals surface area contributed by atoms with Gasteiger partial charge in [0.05, 0.1) is 0 Å². The molecule has 2 heteroatoms. The molecule has 1 fully saturated rings. The summed E-state index contributed by atoms with van der Waals surface area (Å²) in [4.78, 5) is 12.0. The van der Waals surface area contributed by atoms with E-state index in [1.165, 1.54) is 42.4 Å². The Hall–Kier alpha value is -1.31. The lowest BCUT2D eigenvalue weighted by Gasteiger charge is -2.54. The molecule has 0 saturated heterocycles. The van der Waals surface area contributed by atoms with Crippen LogP contribution in [0.25, 0.3) is 0 Å². The van der Waals surface area contributed by atoms with Crippen LogP contribution < -0.4 is 4.74 Å². The van der Waals surface area contributed by atoms with Crippen LogP contribution in [0.4, 0.5) is 0 Å². The van der Waals surface area contributed by atoms with Crippen molar-refractivity contribution in [3.63, 3.8) is 0 Å². The van der Waals surface area contributed by atoms with Crippen LogP contribution in [0.1, 0.15) is 96.3 Å². The molecule has 0 N–H and O–H groups in total. The minimum absolute atomic E-state index is 0.136. The molecule has 0 heterocycles. The van der Waals surface area contributed by atoms with Crippen LogP contribution in [0.3, 0.4) is 0 Å². The zero-order chi connectivity index (χ0) is 18.4. The summed E-state index contributed by atoms with van der Waals surface area (Å²) in [6.07, 6.45) is 6.71. The van der Waals surface area contributed by atoms with Gasteiger partial charge < -0.3 is 4.74 Å². The highest BCUT2D eigenvalue weighted by Crippen LogP contribution is 2.57. The molecule has 1 aromatic carbocycles. The summed E-state index contributed by atoms with van der Waals surface area (Å²) in [6.45, 7) is 13.6. The van der Waals surface area contributed by atoms with Crippen LogP contribution in [0.2, 0.25) is 0 Å². The number of fused-ring (bicyclic) bond motifs is 3. The third-order valence-corrected chi connectivity index (χ3v) is 6.92. The van der Waals surface area contributed by atoms with Crippen LogP contribution in [0, 0.1) is 11.3 Å². The molecule has 0 amide bonds. The van der Waals surface area contributed by atoms with E-state index >= 15 is 0 Å². The number of carbonyl (C=O) groups excluding carboxylic acids is 1. The number of ether oxygens (including phenoxy) is 1. The van der Waals surface area contributed by atoms with Gasteiger partial charge in [0.2, 0.25) is 0 Å². The van der Waals surface area contributed by atoms with Gasteiger partial charge in [0, 0.05) is 6.42 Å². The summed E-state index contributed by atoms with van der Waals surface area (Å²) in [5, 5.41) is 0. The number of benzene rings is 1. The van der Waals surface area contributed by atoms with Gasteiger partial charge in [0.15, 0.2) is 0 Å². The smallest absolute Gasteiger partial charge is 0.310 e. The molecule has 1 saturated carbocycles. The van der Waals surface area contributed by atoms with Crippen molar-refractivity contribution in [3.05, 3.63) is 28.8 Å². The van der Waals surface area contributed by atoms with Crippen LogP contribution in [0.5, 0.6) is 5.75 Å². The normalized spacial score (nSPS) is 27.6. The summed E-state index contributed by atoms with van der Waals surface area (Å²) in [5.41, 5.74) is 4.70. The number of carbonyl (C=O) groups is 1. The van der Waals surface area contributed by atoms with E-state index in [1.807, 2.05) is 6.92 Å². The highest BCUT2D eigenvalue weighted by atomic mass is 16.5. The average molecular weight is 343 g/mol. The first-order chi connectivity index (χ1) is 11.7. The fourth-order valence-corrected chi connectivity index (χ4v) is 5.57. The summed E-state index contributed by atoms with van der Waals surface area (Å²) in [7, 11) is 0. The molecule has 0 unspecified atom stereocenters. The standard InChI is InChI=1S/C23H34O2/c1-7-21(24)25-19-14-18-16(13-17(19)15(2)3)9-10-20-22(4,5)11-8-12-23(18,20)6/h13-15,20H,7-12H2,1-6H3/t20-,23+/m0/s1. The van der Waals surface area contributed by atoms with E-state index in [0.717, 1.165) is 12.2 Å². The van der Waals surface area contributed by atoms with E-state index in [0.29, 0.717) is 23.7 Å². The van der Waals surface area contributed by atoms with Gasteiger partial charge in [-0.1, -0.05) is 54.0 Å². The molecule has 2 atom stereocenters. The highest BCUT2D eigenvalue weighted by molar-refractivity contribution is 5.72. The molecule has 0 aliphatic heterocycles. The first-order valence-electron chi connectivity index (χ1n) is 10.1. The molecule has 2 aliphatic rings. The van der Waals surface area contributed by atoms with Gasteiger partial charge >= 0.3 is 5.97 Å². The Labute approximate surface area is 153 Å². The van der Waals surface area contributed by atoms with Crippen LogP contribution in [-0.2, 0) is 16.6 Å². The van der Waals surface area contributed by atoms with Crippen molar-refractivity contribution in [2.45, 2.75) is 91.4 Å². The van der Waals surface area contributed by atoms with Gasteiger partial charge in [0.25, 0.3) is 0 Å². The molecule has 0 spiro atoms. The van der Waals surface area contributed by atoms with Crippen molar-refractivity contribution in [1.29, 1.82) is 0 Å². The van der Waals surface area contributed by atoms with E-state index in [-0.39, 0.29) is 11.4 Å². The second kappa shape index (κ2) is 6.45. The zero-order valence-corrected chi connectivity index (χ0v) is 16.9. The fraction of sp³-hybridized carbons (Fsp3) is 0.696. The van der Waals surface area contributed by atoms with Gasteiger partial charge in [0.1, 0.15) is 5.75 Å². The number of rotatable bonds is 3. The van der Waals surface area contributed by atoms with E-state index in [1.54, 1.807) is 0 Å². The third-order valence-electron chi connectivity index (χ3n) is 6.92. The average Bonchev–Trinajstić information content (AvgIpc) is 2.53. The van der Waals surface area contributed by atoms with Crippen molar-refractivity contribution in [2.24, 2.45) is 11.3 Å². The van der Waals surface area contributed by atoms with Crippen molar-refractivity contribution < 1.29 is 9.53 Å². The van der Waals surface area contributed by atoms with Crippen molar-refractivity contribution in [2.75, 3.05) is 0 Å². The van der Waals surface area contributed by atoms with Crippen LogP contribution in [-0.4, -0.2) is 5.97 Å². The monoisotopic (exact) mass is 342 g/mol. The summed E-state index contributed by atoms with van der Waals surface area (Å²) < 4.78 is 5.76. The van der Waals surface area contributed by atoms with Gasteiger partial charge in [-0.2, -0.15) is 0 Å². The maximum absolute atomic E-state index is 12.0. The van der Waals surface area contributed by atoms with Crippen LogP contribution >= 0.6 is 0 Å². The van der Waals surface area contributed by atoms with Crippen molar-refractivity contribution in [3.8, 4) is 5.75 Å². The Kier molecular flexibility index (Phi) is 4.77. The van der Waals surface area contributed by atoms with Crippen molar-refractivity contribution >= 4 is 5.97 Å². The predicted octanol–water partition coefficient (Wildman–Crippen LogP) is 6.16. The van der Waals surface area contributed by atoms with Gasteiger partial charge in [-0.3, -0.25) is 4.79 Å². The maximum Gasteiger partial charge on any atom is 0.310 e.